The minimum absolute atomic E-state index is 0.0515. The Bertz CT molecular complexity index is 983. The van der Waals surface area contributed by atoms with Crippen LogP contribution >= 0.6 is 0 Å². The Morgan fingerprint density at radius 3 is 2.17 bits per heavy atom. The van der Waals surface area contributed by atoms with E-state index < -0.39 is 6.04 Å². The predicted molar refractivity (Wildman–Crippen MR) is 119 cm³/mol. The van der Waals surface area contributed by atoms with Gasteiger partial charge in [0.2, 0.25) is 5.91 Å². The summed E-state index contributed by atoms with van der Waals surface area (Å²) in [5.74, 6) is -0.257. The van der Waals surface area contributed by atoms with Gasteiger partial charge in [-0.05, 0) is 36.8 Å². The Morgan fingerprint density at radius 1 is 0.867 bits per heavy atom. The maximum absolute atomic E-state index is 14.2. The van der Waals surface area contributed by atoms with Crippen molar-refractivity contribution in [2.75, 3.05) is 36.4 Å². The lowest BCUT2D eigenvalue weighted by Crippen LogP contribution is -2.50. The lowest BCUT2D eigenvalue weighted by molar-refractivity contribution is -0.121. The summed E-state index contributed by atoms with van der Waals surface area (Å²) in [5, 5.41) is 3.06. The van der Waals surface area contributed by atoms with Crippen LogP contribution in [0.5, 0.6) is 0 Å². The number of anilines is 2. The third kappa shape index (κ3) is 4.52. The molecule has 3 aromatic rings. The summed E-state index contributed by atoms with van der Waals surface area (Å²) >= 11 is 0. The van der Waals surface area contributed by atoms with Crippen molar-refractivity contribution in [3.63, 3.8) is 0 Å². The van der Waals surface area contributed by atoms with Crippen LogP contribution in [-0.4, -0.2) is 37.0 Å². The maximum atomic E-state index is 14.2. The standard InChI is InChI=1S/C25H26FN3O/c1-19-11-13-21(14-12-19)27-25(30)24(20-7-3-2-4-8-20)29-17-15-28(16-18-29)23-10-6-5-9-22(23)26/h2-14,24H,15-18H2,1H3,(H,27,30). The molecule has 154 valence electrons. The van der Waals surface area contributed by atoms with E-state index in [9.17, 15) is 9.18 Å². The molecule has 1 amide bonds. The van der Waals surface area contributed by atoms with Gasteiger partial charge >= 0.3 is 0 Å². The van der Waals surface area contributed by atoms with Crippen molar-refractivity contribution in [2.45, 2.75) is 13.0 Å². The number of hydrogen-bond acceptors (Lipinski definition) is 3. The largest absolute Gasteiger partial charge is 0.367 e. The van der Waals surface area contributed by atoms with Gasteiger partial charge < -0.3 is 10.2 Å². The van der Waals surface area contributed by atoms with Crippen molar-refractivity contribution >= 4 is 17.3 Å². The number of carbonyl (C=O) groups is 1. The number of piperazine rings is 1. The molecule has 0 saturated carbocycles. The molecule has 1 unspecified atom stereocenters. The fourth-order valence-corrected chi connectivity index (χ4v) is 3.94. The van der Waals surface area contributed by atoms with Crippen LogP contribution < -0.4 is 10.2 Å². The average molecular weight is 404 g/mol. The molecule has 0 bridgehead atoms. The van der Waals surface area contributed by atoms with E-state index in [4.69, 9.17) is 0 Å². The fraction of sp³-hybridized carbons (Fsp3) is 0.240. The molecule has 30 heavy (non-hydrogen) atoms. The second kappa shape index (κ2) is 9.09. The van der Waals surface area contributed by atoms with Gasteiger partial charge in [-0.15, -0.1) is 0 Å². The van der Waals surface area contributed by atoms with Crippen LogP contribution in [0.4, 0.5) is 15.8 Å². The van der Waals surface area contributed by atoms with Crippen LogP contribution in [0.2, 0.25) is 0 Å². The summed E-state index contributed by atoms with van der Waals surface area (Å²) in [7, 11) is 0. The third-order valence-corrected chi connectivity index (χ3v) is 5.56. The molecule has 1 aliphatic rings. The molecule has 0 aromatic heterocycles. The van der Waals surface area contributed by atoms with Gasteiger partial charge in [0, 0.05) is 31.9 Å². The van der Waals surface area contributed by atoms with E-state index in [1.165, 1.54) is 6.07 Å². The zero-order valence-electron chi connectivity index (χ0n) is 17.1. The van der Waals surface area contributed by atoms with Crippen molar-refractivity contribution in [2.24, 2.45) is 0 Å². The highest BCUT2D eigenvalue weighted by molar-refractivity contribution is 5.95. The smallest absolute Gasteiger partial charge is 0.246 e. The number of benzene rings is 3. The quantitative estimate of drug-likeness (QED) is 0.674. The van der Waals surface area contributed by atoms with Gasteiger partial charge in [-0.2, -0.15) is 0 Å². The molecule has 3 aromatic carbocycles. The predicted octanol–water partition coefficient (Wildman–Crippen LogP) is 4.64. The highest BCUT2D eigenvalue weighted by Crippen LogP contribution is 2.27. The van der Waals surface area contributed by atoms with Crippen LogP contribution in [0.1, 0.15) is 17.2 Å². The molecule has 4 rings (SSSR count). The number of rotatable bonds is 5. The zero-order chi connectivity index (χ0) is 20.9. The van der Waals surface area contributed by atoms with Crippen molar-refractivity contribution in [3.8, 4) is 0 Å². The third-order valence-electron chi connectivity index (χ3n) is 5.56. The minimum Gasteiger partial charge on any atom is -0.367 e. The molecule has 1 saturated heterocycles. The van der Waals surface area contributed by atoms with Gasteiger partial charge in [0.05, 0.1) is 5.69 Å². The summed E-state index contributed by atoms with van der Waals surface area (Å²) < 4.78 is 14.2. The van der Waals surface area contributed by atoms with E-state index in [1.54, 1.807) is 6.07 Å². The van der Waals surface area contributed by atoms with E-state index in [-0.39, 0.29) is 11.7 Å². The van der Waals surface area contributed by atoms with Gasteiger partial charge in [-0.3, -0.25) is 9.69 Å². The molecular formula is C25H26FN3O. The first-order chi connectivity index (χ1) is 14.6. The maximum Gasteiger partial charge on any atom is 0.246 e. The van der Waals surface area contributed by atoms with Crippen LogP contribution in [0.15, 0.2) is 78.9 Å². The van der Waals surface area contributed by atoms with E-state index in [0.717, 1.165) is 16.8 Å². The van der Waals surface area contributed by atoms with Crippen LogP contribution in [0.3, 0.4) is 0 Å². The average Bonchev–Trinajstić information content (AvgIpc) is 2.77. The first-order valence-corrected chi connectivity index (χ1v) is 10.3. The summed E-state index contributed by atoms with van der Waals surface area (Å²) in [6.07, 6.45) is 0. The topological polar surface area (TPSA) is 35.6 Å². The lowest BCUT2D eigenvalue weighted by Gasteiger charge is -2.39. The second-order valence-electron chi connectivity index (χ2n) is 7.64. The van der Waals surface area contributed by atoms with Gasteiger partial charge in [-0.25, -0.2) is 4.39 Å². The van der Waals surface area contributed by atoms with Gasteiger partial charge in [0.25, 0.3) is 0 Å². The van der Waals surface area contributed by atoms with Crippen molar-refractivity contribution in [1.82, 2.24) is 4.90 Å². The monoisotopic (exact) mass is 403 g/mol. The Balaban J connectivity index is 1.51. The number of hydrogen-bond donors (Lipinski definition) is 1. The summed E-state index contributed by atoms with van der Waals surface area (Å²) in [4.78, 5) is 17.5. The van der Waals surface area contributed by atoms with Crippen molar-refractivity contribution in [3.05, 3.63) is 95.8 Å². The molecule has 1 aliphatic heterocycles. The van der Waals surface area contributed by atoms with Gasteiger partial charge in [0.1, 0.15) is 11.9 Å². The number of carbonyl (C=O) groups excluding carboxylic acids is 1. The second-order valence-corrected chi connectivity index (χ2v) is 7.64. The molecule has 1 fully saturated rings. The highest BCUT2D eigenvalue weighted by Gasteiger charge is 2.31. The van der Waals surface area contributed by atoms with E-state index >= 15 is 0 Å². The first kappa shape index (κ1) is 20.1. The molecule has 1 atom stereocenters. The fourth-order valence-electron chi connectivity index (χ4n) is 3.94. The normalized spacial score (nSPS) is 15.6. The van der Waals surface area contributed by atoms with E-state index in [1.807, 2.05) is 78.6 Å². The van der Waals surface area contributed by atoms with Crippen LogP contribution in [0.25, 0.3) is 0 Å². The molecule has 0 aliphatic carbocycles. The van der Waals surface area contributed by atoms with E-state index in [0.29, 0.717) is 31.9 Å². The van der Waals surface area contributed by atoms with Gasteiger partial charge in [0.15, 0.2) is 0 Å². The molecule has 0 radical (unpaired) electrons. The van der Waals surface area contributed by atoms with Crippen molar-refractivity contribution in [1.29, 1.82) is 0 Å². The lowest BCUT2D eigenvalue weighted by atomic mass is 10.0. The number of nitrogens with zero attached hydrogens (tertiary/aromatic N) is 2. The van der Waals surface area contributed by atoms with E-state index in [2.05, 4.69) is 10.2 Å². The molecule has 0 spiro atoms. The number of amides is 1. The Morgan fingerprint density at radius 2 is 1.50 bits per heavy atom. The van der Waals surface area contributed by atoms with Gasteiger partial charge in [-0.1, -0.05) is 60.2 Å². The Kier molecular flexibility index (Phi) is 6.10. The van der Waals surface area contributed by atoms with Crippen LogP contribution in [-0.2, 0) is 4.79 Å². The number of para-hydroxylation sites is 1. The molecular weight excluding hydrogens is 377 g/mol. The summed E-state index contributed by atoms with van der Waals surface area (Å²) in [6.45, 7) is 4.71. The van der Waals surface area contributed by atoms with Crippen molar-refractivity contribution < 1.29 is 9.18 Å². The SMILES string of the molecule is Cc1ccc(NC(=O)C(c2ccccc2)N2CCN(c3ccccc3F)CC2)cc1. The summed E-state index contributed by atoms with van der Waals surface area (Å²) in [5.41, 5.74) is 3.52. The number of nitrogens with one attached hydrogen (secondary N) is 1. The first-order valence-electron chi connectivity index (χ1n) is 10.3. The molecule has 1 heterocycles. The molecule has 4 nitrogen and oxygen atoms in total. The number of halogens is 1. The minimum atomic E-state index is -0.393. The molecule has 1 N–H and O–H groups in total. The Labute approximate surface area is 176 Å². The highest BCUT2D eigenvalue weighted by atomic mass is 19.1. The van der Waals surface area contributed by atoms with Crippen LogP contribution in [0, 0.1) is 12.7 Å². The Hall–Kier alpha value is -3.18. The molecule has 5 heteroatoms. The zero-order valence-corrected chi connectivity index (χ0v) is 17.1. The summed E-state index contributed by atoms with van der Waals surface area (Å²) in [6, 6.07) is 24.1. The number of aryl methyl sites for hydroxylation is 1.